The van der Waals surface area contributed by atoms with E-state index in [2.05, 4.69) is 66.5 Å². The van der Waals surface area contributed by atoms with Gasteiger partial charge in [-0.25, -0.2) is 4.68 Å². The van der Waals surface area contributed by atoms with Crippen LogP contribution in [-0.4, -0.2) is 36.6 Å². The van der Waals surface area contributed by atoms with Crippen LogP contribution in [0.4, 0.5) is 0 Å². The fourth-order valence-corrected chi connectivity index (χ4v) is 5.69. The average Bonchev–Trinajstić information content (AvgIpc) is 3.46. The zero-order valence-corrected chi connectivity index (χ0v) is 18.8. The Labute approximate surface area is 192 Å². The van der Waals surface area contributed by atoms with Gasteiger partial charge in [0.25, 0.3) is 0 Å². The number of aromatic nitrogens is 5. The number of benzene rings is 2. The maximum absolute atomic E-state index is 6.23. The molecule has 0 saturated heterocycles. The molecule has 0 radical (unpaired) electrons. The van der Waals surface area contributed by atoms with Crippen molar-refractivity contribution in [3.05, 3.63) is 76.2 Å². The van der Waals surface area contributed by atoms with Crippen LogP contribution >= 0.6 is 11.6 Å². The molecule has 7 heteroatoms. The van der Waals surface area contributed by atoms with Crippen molar-refractivity contribution in [1.82, 2.24) is 30.1 Å². The number of H-pyrrole nitrogens is 1. The Morgan fingerprint density at radius 1 is 1.00 bits per heavy atom. The van der Waals surface area contributed by atoms with Crippen molar-refractivity contribution in [2.45, 2.75) is 57.2 Å². The fraction of sp³-hybridized carbons (Fsp3) is 0.400. The Morgan fingerprint density at radius 2 is 1.81 bits per heavy atom. The standard InChI is InChI=1S/C25H27ClN6/c26-18-12-10-17(11-13-18)24(25-28-29-30-32(25)19-6-2-1-3-7-19)31-15-14-21-20-8-4-5-9-22(20)27-23(21)16-31/h4-5,8-13,19,24,27H,1-3,6-7,14-16H2. The third-order valence-corrected chi connectivity index (χ3v) is 7.40. The minimum absolute atomic E-state index is 0.0104. The summed E-state index contributed by atoms with van der Waals surface area (Å²) in [6.45, 7) is 1.80. The van der Waals surface area contributed by atoms with Crippen LogP contribution in [0, 0.1) is 0 Å². The smallest absolute Gasteiger partial charge is 0.173 e. The highest BCUT2D eigenvalue weighted by molar-refractivity contribution is 6.30. The second-order valence-corrected chi connectivity index (χ2v) is 9.51. The number of nitrogens with one attached hydrogen (secondary N) is 1. The van der Waals surface area contributed by atoms with Gasteiger partial charge < -0.3 is 4.98 Å². The number of aromatic amines is 1. The molecule has 32 heavy (non-hydrogen) atoms. The number of para-hydroxylation sites is 1. The predicted molar refractivity (Wildman–Crippen MR) is 126 cm³/mol. The second-order valence-electron chi connectivity index (χ2n) is 9.08. The third kappa shape index (κ3) is 3.51. The van der Waals surface area contributed by atoms with Crippen LogP contribution in [-0.2, 0) is 13.0 Å². The molecular weight excluding hydrogens is 420 g/mol. The summed E-state index contributed by atoms with van der Waals surface area (Å²) in [7, 11) is 0. The lowest BCUT2D eigenvalue weighted by Gasteiger charge is -2.35. The second kappa shape index (κ2) is 8.34. The van der Waals surface area contributed by atoms with E-state index in [1.807, 2.05) is 12.1 Å². The van der Waals surface area contributed by atoms with Gasteiger partial charge >= 0.3 is 0 Å². The highest BCUT2D eigenvalue weighted by Gasteiger charge is 2.33. The Balaban J connectivity index is 1.40. The molecule has 6 rings (SSSR count). The molecule has 1 saturated carbocycles. The minimum Gasteiger partial charge on any atom is -0.357 e. The first kappa shape index (κ1) is 19.9. The summed E-state index contributed by atoms with van der Waals surface area (Å²) in [5.41, 5.74) is 5.14. The van der Waals surface area contributed by atoms with Gasteiger partial charge in [0.2, 0.25) is 0 Å². The van der Waals surface area contributed by atoms with Crippen molar-refractivity contribution in [2.75, 3.05) is 6.54 Å². The van der Waals surface area contributed by atoms with Crippen molar-refractivity contribution in [3.8, 4) is 0 Å². The van der Waals surface area contributed by atoms with E-state index < -0.39 is 0 Å². The Bertz CT molecular complexity index is 1220. The topological polar surface area (TPSA) is 62.6 Å². The highest BCUT2D eigenvalue weighted by atomic mass is 35.5. The normalized spacial score (nSPS) is 18.7. The first-order valence-corrected chi connectivity index (χ1v) is 12.0. The van der Waals surface area contributed by atoms with Gasteiger partial charge in [-0.15, -0.1) is 5.10 Å². The quantitative estimate of drug-likeness (QED) is 0.452. The van der Waals surface area contributed by atoms with Crippen molar-refractivity contribution in [3.63, 3.8) is 0 Å². The first-order valence-electron chi connectivity index (χ1n) is 11.6. The zero-order valence-electron chi connectivity index (χ0n) is 18.0. The Kier molecular flexibility index (Phi) is 5.20. The molecule has 2 aliphatic rings. The molecule has 0 amide bonds. The van der Waals surface area contributed by atoms with Crippen LogP contribution in [0.25, 0.3) is 10.9 Å². The van der Waals surface area contributed by atoms with Gasteiger partial charge in [-0.3, -0.25) is 4.90 Å². The fourth-order valence-electron chi connectivity index (χ4n) is 5.57. The summed E-state index contributed by atoms with van der Waals surface area (Å²) in [4.78, 5) is 6.17. The summed E-state index contributed by atoms with van der Waals surface area (Å²) < 4.78 is 2.11. The van der Waals surface area contributed by atoms with Crippen LogP contribution in [0.5, 0.6) is 0 Å². The number of rotatable bonds is 4. The highest BCUT2D eigenvalue weighted by Crippen LogP contribution is 2.37. The van der Waals surface area contributed by atoms with Crippen molar-refractivity contribution < 1.29 is 0 Å². The molecule has 0 spiro atoms. The SMILES string of the molecule is Clc1ccc(C(c2nnnn2C2CCCCC2)N2CCc3c([nH]c4ccccc34)C2)cc1. The minimum atomic E-state index is -0.0104. The molecule has 1 aliphatic heterocycles. The van der Waals surface area contributed by atoms with E-state index in [9.17, 15) is 0 Å². The van der Waals surface area contributed by atoms with Gasteiger partial charge in [0, 0.05) is 34.7 Å². The summed E-state index contributed by atoms with van der Waals surface area (Å²) >= 11 is 6.23. The maximum Gasteiger partial charge on any atom is 0.173 e. The number of fused-ring (bicyclic) bond motifs is 3. The third-order valence-electron chi connectivity index (χ3n) is 7.15. The lowest BCUT2D eigenvalue weighted by molar-refractivity contribution is 0.186. The van der Waals surface area contributed by atoms with E-state index in [1.54, 1.807) is 0 Å². The summed E-state index contributed by atoms with van der Waals surface area (Å²) in [5, 5.41) is 15.3. The van der Waals surface area contributed by atoms with E-state index in [0.717, 1.165) is 43.2 Å². The molecule has 2 aromatic carbocycles. The summed E-state index contributed by atoms with van der Waals surface area (Å²) in [5.74, 6) is 0.943. The molecule has 1 unspecified atom stereocenters. The van der Waals surface area contributed by atoms with E-state index in [4.69, 9.17) is 11.6 Å². The lowest BCUT2D eigenvalue weighted by atomic mass is 9.94. The molecule has 2 aromatic heterocycles. The van der Waals surface area contributed by atoms with E-state index in [0.29, 0.717) is 6.04 Å². The van der Waals surface area contributed by atoms with Gasteiger partial charge in [0.15, 0.2) is 5.82 Å². The van der Waals surface area contributed by atoms with Gasteiger partial charge in [0.05, 0.1) is 12.1 Å². The Morgan fingerprint density at radius 3 is 2.66 bits per heavy atom. The van der Waals surface area contributed by atoms with Crippen molar-refractivity contribution in [2.24, 2.45) is 0 Å². The molecule has 164 valence electrons. The number of hydrogen-bond donors (Lipinski definition) is 1. The lowest BCUT2D eigenvalue weighted by Crippen LogP contribution is -2.36. The largest absolute Gasteiger partial charge is 0.357 e. The molecule has 4 aromatic rings. The van der Waals surface area contributed by atoms with Crippen LogP contribution in [0.1, 0.15) is 66.8 Å². The number of tetrazole rings is 1. The maximum atomic E-state index is 6.23. The zero-order chi connectivity index (χ0) is 21.5. The van der Waals surface area contributed by atoms with Crippen LogP contribution < -0.4 is 0 Å². The van der Waals surface area contributed by atoms with E-state index in [-0.39, 0.29) is 6.04 Å². The summed E-state index contributed by atoms with van der Waals surface area (Å²) in [6, 6.07) is 17.2. The molecule has 1 N–H and O–H groups in total. The molecule has 1 aliphatic carbocycles. The van der Waals surface area contributed by atoms with Crippen LogP contribution in [0.3, 0.4) is 0 Å². The molecular formula is C25H27ClN6. The van der Waals surface area contributed by atoms with E-state index in [1.165, 1.54) is 47.0 Å². The average molecular weight is 447 g/mol. The predicted octanol–water partition coefficient (Wildman–Crippen LogP) is 5.46. The number of halogens is 1. The Hall–Kier alpha value is -2.70. The monoisotopic (exact) mass is 446 g/mol. The molecule has 0 bridgehead atoms. The van der Waals surface area contributed by atoms with Gasteiger partial charge in [-0.2, -0.15) is 0 Å². The summed E-state index contributed by atoms with van der Waals surface area (Å²) in [6.07, 6.45) is 7.11. The molecule has 1 fully saturated rings. The molecule has 1 atom stereocenters. The van der Waals surface area contributed by atoms with Crippen LogP contribution in [0.15, 0.2) is 48.5 Å². The number of hydrogen-bond acceptors (Lipinski definition) is 4. The molecule has 3 heterocycles. The van der Waals surface area contributed by atoms with Gasteiger partial charge in [-0.05, 0) is 59.0 Å². The van der Waals surface area contributed by atoms with Crippen molar-refractivity contribution >= 4 is 22.5 Å². The van der Waals surface area contributed by atoms with Gasteiger partial charge in [0.1, 0.15) is 0 Å². The van der Waals surface area contributed by atoms with Crippen molar-refractivity contribution in [1.29, 1.82) is 0 Å². The molecule has 6 nitrogen and oxygen atoms in total. The van der Waals surface area contributed by atoms with Gasteiger partial charge in [-0.1, -0.05) is 61.2 Å². The van der Waals surface area contributed by atoms with E-state index >= 15 is 0 Å². The first-order chi connectivity index (χ1) is 15.8. The number of nitrogens with zero attached hydrogens (tertiary/aromatic N) is 5. The van der Waals surface area contributed by atoms with Crippen LogP contribution in [0.2, 0.25) is 5.02 Å².